The van der Waals surface area contributed by atoms with Crippen molar-refractivity contribution in [3.63, 3.8) is 0 Å². The first-order valence-corrected chi connectivity index (χ1v) is 6.98. The fourth-order valence-electron chi connectivity index (χ4n) is 2.75. The smallest absolute Gasteiger partial charge is 0.270 e. The van der Waals surface area contributed by atoms with Crippen molar-refractivity contribution in [3.8, 4) is 0 Å². The first-order valence-electron chi connectivity index (χ1n) is 6.98. The van der Waals surface area contributed by atoms with Crippen molar-refractivity contribution >= 4 is 11.7 Å². The van der Waals surface area contributed by atoms with Gasteiger partial charge in [-0.05, 0) is 25.0 Å². The molecule has 2 aromatic heterocycles. The van der Waals surface area contributed by atoms with Gasteiger partial charge in [0.05, 0.1) is 0 Å². The Balaban J connectivity index is 1.84. The molecule has 2 heterocycles. The van der Waals surface area contributed by atoms with E-state index in [2.05, 4.69) is 25.8 Å². The summed E-state index contributed by atoms with van der Waals surface area (Å²) < 4.78 is 4.84. The zero-order valence-corrected chi connectivity index (χ0v) is 11.8. The number of carbonyl (C=O) groups is 1. The SMILES string of the molecule is CNc1cccc(C(=O)NC2(c3ncon3)CCCC2)n1. The number of rotatable bonds is 4. The van der Waals surface area contributed by atoms with Crippen molar-refractivity contribution in [1.82, 2.24) is 20.4 Å². The minimum Gasteiger partial charge on any atom is -0.373 e. The van der Waals surface area contributed by atoms with Crippen LogP contribution in [0, 0.1) is 0 Å². The van der Waals surface area contributed by atoms with E-state index in [0.717, 1.165) is 25.7 Å². The standard InChI is InChI=1S/C14H17N5O2/c1-15-11-6-4-5-10(17-11)12(20)18-14(7-2-3-8-14)13-16-9-21-19-13/h4-6,9H,2-3,7-8H2,1H3,(H,15,17)(H,18,20). The molecule has 0 bridgehead atoms. The molecule has 2 N–H and O–H groups in total. The number of nitrogens with one attached hydrogen (secondary N) is 2. The van der Waals surface area contributed by atoms with Gasteiger partial charge in [0, 0.05) is 7.05 Å². The Hall–Kier alpha value is -2.44. The molecule has 7 nitrogen and oxygen atoms in total. The second-order valence-corrected chi connectivity index (χ2v) is 5.16. The van der Waals surface area contributed by atoms with Crippen LogP contribution in [0.25, 0.3) is 0 Å². The van der Waals surface area contributed by atoms with E-state index in [9.17, 15) is 4.79 Å². The van der Waals surface area contributed by atoms with E-state index >= 15 is 0 Å². The van der Waals surface area contributed by atoms with Gasteiger partial charge in [-0.25, -0.2) is 4.98 Å². The first-order chi connectivity index (χ1) is 10.2. The molecule has 21 heavy (non-hydrogen) atoms. The molecule has 7 heteroatoms. The van der Waals surface area contributed by atoms with Crippen LogP contribution in [0.5, 0.6) is 0 Å². The number of aromatic nitrogens is 3. The molecule has 1 aliphatic carbocycles. The average molecular weight is 287 g/mol. The molecular weight excluding hydrogens is 270 g/mol. The fourth-order valence-corrected chi connectivity index (χ4v) is 2.75. The summed E-state index contributed by atoms with van der Waals surface area (Å²) in [5, 5.41) is 9.89. The van der Waals surface area contributed by atoms with E-state index in [4.69, 9.17) is 4.52 Å². The fraction of sp³-hybridized carbons (Fsp3) is 0.429. The van der Waals surface area contributed by atoms with Crippen molar-refractivity contribution in [2.45, 2.75) is 31.2 Å². The predicted molar refractivity (Wildman–Crippen MR) is 75.7 cm³/mol. The molecule has 3 rings (SSSR count). The van der Waals surface area contributed by atoms with Crippen LogP contribution in [0.1, 0.15) is 42.0 Å². The second kappa shape index (κ2) is 5.51. The topological polar surface area (TPSA) is 92.9 Å². The number of nitrogens with zero attached hydrogens (tertiary/aromatic N) is 3. The summed E-state index contributed by atoms with van der Waals surface area (Å²) in [6, 6.07) is 5.29. The molecule has 1 fully saturated rings. The van der Waals surface area contributed by atoms with Gasteiger partial charge in [-0.1, -0.05) is 24.1 Å². The molecule has 1 amide bonds. The van der Waals surface area contributed by atoms with Gasteiger partial charge in [0.15, 0.2) is 5.82 Å². The van der Waals surface area contributed by atoms with Gasteiger partial charge in [-0.3, -0.25) is 4.79 Å². The largest absolute Gasteiger partial charge is 0.373 e. The van der Waals surface area contributed by atoms with Crippen LogP contribution < -0.4 is 10.6 Å². The lowest BCUT2D eigenvalue weighted by molar-refractivity contribution is 0.0887. The van der Waals surface area contributed by atoms with E-state index in [1.165, 1.54) is 6.39 Å². The van der Waals surface area contributed by atoms with Crippen molar-refractivity contribution < 1.29 is 9.32 Å². The van der Waals surface area contributed by atoms with Crippen LogP contribution in [0.15, 0.2) is 29.1 Å². The molecule has 0 aromatic carbocycles. The maximum atomic E-state index is 12.5. The van der Waals surface area contributed by atoms with Crippen LogP contribution in [-0.4, -0.2) is 28.1 Å². The van der Waals surface area contributed by atoms with Crippen LogP contribution >= 0.6 is 0 Å². The van der Waals surface area contributed by atoms with Crippen molar-refractivity contribution in [2.24, 2.45) is 0 Å². The summed E-state index contributed by atoms with van der Waals surface area (Å²) in [5.74, 6) is 0.972. The molecule has 1 aliphatic rings. The van der Waals surface area contributed by atoms with Gasteiger partial charge in [-0.2, -0.15) is 4.98 Å². The maximum Gasteiger partial charge on any atom is 0.270 e. The zero-order chi connectivity index (χ0) is 14.7. The highest BCUT2D eigenvalue weighted by atomic mass is 16.5. The number of carbonyl (C=O) groups excluding carboxylic acids is 1. The minimum atomic E-state index is -0.540. The summed E-state index contributed by atoms with van der Waals surface area (Å²) in [6.07, 6.45) is 4.97. The Morgan fingerprint density at radius 3 is 2.81 bits per heavy atom. The van der Waals surface area contributed by atoms with Gasteiger partial charge in [0.1, 0.15) is 17.1 Å². The third-order valence-corrected chi connectivity index (χ3v) is 3.84. The lowest BCUT2D eigenvalue weighted by Gasteiger charge is -2.26. The Labute approximate surface area is 122 Å². The molecule has 0 unspecified atom stereocenters. The van der Waals surface area contributed by atoms with Crippen LogP contribution in [0.4, 0.5) is 5.82 Å². The highest BCUT2D eigenvalue weighted by Crippen LogP contribution is 2.37. The third-order valence-electron chi connectivity index (χ3n) is 3.84. The highest BCUT2D eigenvalue weighted by molar-refractivity contribution is 5.93. The Morgan fingerprint density at radius 2 is 2.14 bits per heavy atom. The molecular formula is C14H17N5O2. The van der Waals surface area contributed by atoms with Gasteiger partial charge < -0.3 is 15.2 Å². The molecule has 0 atom stereocenters. The van der Waals surface area contributed by atoms with Gasteiger partial charge in [0.2, 0.25) is 6.39 Å². The molecule has 110 valence electrons. The Morgan fingerprint density at radius 1 is 1.33 bits per heavy atom. The lowest BCUT2D eigenvalue weighted by Crippen LogP contribution is -2.45. The number of hydrogen-bond acceptors (Lipinski definition) is 6. The number of amides is 1. The van der Waals surface area contributed by atoms with E-state index in [-0.39, 0.29) is 5.91 Å². The second-order valence-electron chi connectivity index (χ2n) is 5.16. The average Bonchev–Trinajstić information content (AvgIpc) is 3.19. The molecule has 1 saturated carbocycles. The number of pyridine rings is 1. The monoisotopic (exact) mass is 287 g/mol. The summed E-state index contributed by atoms with van der Waals surface area (Å²) >= 11 is 0. The Kier molecular flexibility index (Phi) is 3.55. The molecule has 0 radical (unpaired) electrons. The van der Waals surface area contributed by atoms with E-state index < -0.39 is 5.54 Å². The number of anilines is 1. The normalized spacial score (nSPS) is 16.6. The van der Waals surface area contributed by atoms with Crippen LogP contribution in [0.2, 0.25) is 0 Å². The summed E-state index contributed by atoms with van der Waals surface area (Å²) in [5.41, 5.74) is -0.168. The highest BCUT2D eigenvalue weighted by Gasteiger charge is 2.41. The quantitative estimate of drug-likeness (QED) is 0.889. The van der Waals surface area contributed by atoms with Crippen molar-refractivity contribution in [3.05, 3.63) is 36.1 Å². The molecule has 2 aromatic rings. The van der Waals surface area contributed by atoms with Crippen LogP contribution in [-0.2, 0) is 5.54 Å². The van der Waals surface area contributed by atoms with Gasteiger partial charge in [0.25, 0.3) is 5.91 Å². The third kappa shape index (κ3) is 2.58. The molecule has 0 saturated heterocycles. The van der Waals surface area contributed by atoms with Crippen molar-refractivity contribution in [2.75, 3.05) is 12.4 Å². The van der Waals surface area contributed by atoms with Gasteiger partial charge in [-0.15, -0.1) is 0 Å². The Bertz CT molecular complexity index is 620. The first kappa shape index (κ1) is 13.5. The summed E-state index contributed by atoms with van der Waals surface area (Å²) in [6.45, 7) is 0. The number of hydrogen-bond donors (Lipinski definition) is 2. The van der Waals surface area contributed by atoms with Crippen LogP contribution in [0.3, 0.4) is 0 Å². The summed E-state index contributed by atoms with van der Waals surface area (Å²) in [7, 11) is 1.77. The minimum absolute atomic E-state index is 0.223. The van der Waals surface area contributed by atoms with Crippen molar-refractivity contribution in [1.29, 1.82) is 0 Å². The predicted octanol–water partition coefficient (Wildman–Crippen LogP) is 1.71. The summed E-state index contributed by atoms with van der Waals surface area (Å²) in [4.78, 5) is 20.9. The van der Waals surface area contributed by atoms with E-state index in [1.54, 1.807) is 25.2 Å². The lowest BCUT2D eigenvalue weighted by atomic mass is 9.96. The van der Waals surface area contributed by atoms with Gasteiger partial charge >= 0.3 is 0 Å². The van der Waals surface area contributed by atoms with E-state index in [0.29, 0.717) is 17.3 Å². The van der Waals surface area contributed by atoms with E-state index in [1.807, 2.05) is 0 Å². The zero-order valence-electron chi connectivity index (χ0n) is 11.8. The molecule has 0 spiro atoms. The maximum absolute atomic E-state index is 12.5. The molecule has 0 aliphatic heterocycles.